The second-order valence-corrected chi connectivity index (χ2v) is 5.85. The fourth-order valence-corrected chi connectivity index (χ4v) is 3.77. The number of hydrogen-bond donors (Lipinski definition) is 3. The average Bonchev–Trinajstić information content (AvgIpc) is 3.08. The van der Waals surface area contributed by atoms with E-state index in [2.05, 4.69) is 15.0 Å². The largest absolute Gasteiger partial charge is 0.479 e. The number of hydrogen-bond acceptors (Lipinski definition) is 6. The maximum Gasteiger partial charge on any atom is 0.332 e. The van der Waals surface area contributed by atoms with Gasteiger partial charge in [-0.25, -0.2) is 9.78 Å². The van der Waals surface area contributed by atoms with Crippen molar-refractivity contribution in [1.82, 2.24) is 19.5 Å². The van der Waals surface area contributed by atoms with Crippen molar-refractivity contribution in [3.63, 3.8) is 0 Å². The van der Waals surface area contributed by atoms with Crippen LogP contribution in [0.3, 0.4) is 0 Å². The van der Waals surface area contributed by atoms with Crippen LogP contribution in [0.4, 0.5) is 5.95 Å². The molecule has 116 valence electrons. The molecule has 0 aromatic carbocycles. The number of rotatable bonds is 2. The quantitative estimate of drug-likeness (QED) is 0.711. The Balaban J connectivity index is 1.90. The van der Waals surface area contributed by atoms with E-state index in [0.717, 1.165) is 12.8 Å². The number of nitrogens with one attached hydrogen (secondary N) is 1. The van der Waals surface area contributed by atoms with E-state index in [-0.39, 0.29) is 17.4 Å². The SMILES string of the molecule is Nc1nc2c(ncn2[C@@]23CCCC2C[C@H](C(=O)O)O3)c(=O)[nH]1. The van der Waals surface area contributed by atoms with Crippen molar-refractivity contribution in [2.75, 3.05) is 5.73 Å². The van der Waals surface area contributed by atoms with E-state index >= 15 is 0 Å². The van der Waals surface area contributed by atoms with Crippen LogP contribution in [-0.2, 0) is 15.3 Å². The second-order valence-electron chi connectivity index (χ2n) is 5.85. The third-order valence-corrected chi connectivity index (χ3v) is 4.68. The number of carboxylic acids is 1. The molecular formula is C13H15N5O4. The number of aromatic nitrogens is 4. The van der Waals surface area contributed by atoms with Crippen LogP contribution in [0.25, 0.3) is 11.2 Å². The van der Waals surface area contributed by atoms with Crippen molar-refractivity contribution in [2.24, 2.45) is 5.92 Å². The molecule has 0 spiro atoms. The molecule has 1 aliphatic heterocycles. The van der Waals surface area contributed by atoms with Crippen molar-refractivity contribution in [2.45, 2.75) is 37.5 Å². The molecular weight excluding hydrogens is 290 g/mol. The number of anilines is 1. The maximum atomic E-state index is 11.9. The van der Waals surface area contributed by atoms with Gasteiger partial charge in [-0.1, -0.05) is 0 Å². The first-order chi connectivity index (χ1) is 10.5. The highest BCUT2D eigenvalue weighted by atomic mass is 16.6. The zero-order valence-corrected chi connectivity index (χ0v) is 11.7. The molecule has 2 aromatic rings. The lowest BCUT2D eigenvalue weighted by Crippen LogP contribution is -2.36. The minimum Gasteiger partial charge on any atom is -0.479 e. The normalized spacial score (nSPS) is 30.7. The van der Waals surface area contributed by atoms with Crippen molar-refractivity contribution in [3.8, 4) is 0 Å². The van der Waals surface area contributed by atoms with Gasteiger partial charge in [-0.2, -0.15) is 4.98 Å². The zero-order chi connectivity index (χ0) is 15.5. The van der Waals surface area contributed by atoms with Crippen molar-refractivity contribution in [1.29, 1.82) is 0 Å². The number of aromatic amines is 1. The summed E-state index contributed by atoms with van der Waals surface area (Å²) in [5.41, 5.74) is 4.91. The van der Waals surface area contributed by atoms with E-state index in [0.29, 0.717) is 18.5 Å². The Morgan fingerprint density at radius 2 is 2.41 bits per heavy atom. The van der Waals surface area contributed by atoms with Crippen molar-refractivity contribution < 1.29 is 14.6 Å². The molecule has 3 heterocycles. The molecule has 1 saturated heterocycles. The second kappa shape index (κ2) is 4.29. The molecule has 9 nitrogen and oxygen atoms in total. The number of nitrogens with two attached hydrogens (primary N) is 1. The summed E-state index contributed by atoms with van der Waals surface area (Å²) in [5, 5.41) is 9.24. The van der Waals surface area contributed by atoms with Gasteiger partial charge in [0, 0.05) is 5.92 Å². The van der Waals surface area contributed by atoms with Crippen LogP contribution in [0.1, 0.15) is 25.7 Å². The molecule has 4 N–H and O–H groups in total. The summed E-state index contributed by atoms with van der Waals surface area (Å²) >= 11 is 0. The molecule has 0 radical (unpaired) electrons. The molecule has 4 rings (SSSR count). The Hall–Kier alpha value is -2.42. The summed E-state index contributed by atoms with van der Waals surface area (Å²) in [4.78, 5) is 33.8. The zero-order valence-electron chi connectivity index (χ0n) is 11.7. The molecule has 1 saturated carbocycles. The predicted molar refractivity (Wildman–Crippen MR) is 75.0 cm³/mol. The highest BCUT2D eigenvalue weighted by Gasteiger charge is 2.55. The topological polar surface area (TPSA) is 136 Å². The summed E-state index contributed by atoms with van der Waals surface area (Å²) in [6.07, 6.45) is 3.57. The summed E-state index contributed by atoms with van der Waals surface area (Å²) in [7, 11) is 0. The van der Waals surface area contributed by atoms with Gasteiger partial charge >= 0.3 is 5.97 Å². The predicted octanol–water partition coefficient (Wildman–Crippen LogP) is 0.0282. The number of nitrogen functional groups attached to an aromatic ring is 1. The first-order valence-corrected chi connectivity index (χ1v) is 7.15. The molecule has 3 atom stereocenters. The Kier molecular flexibility index (Phi) is 2.59. The summed E-state index contributed by atoms with van der Waals surface area (Å²) in [5.74, 6) is -0.908. The van der Waals surface area contributed by atoms with E-state index in [4.69, 9.17) is 10.5 Å². The monoisotopic (exact) mass is 305 g/mol. The van der Waals surface area contributed by atoms with Gasteiger partial charge in [-0.05, 0) is 25.7 Å². The summed E-state index contributed by atoms with van der Waals surface area (Å²) in [6.45, 7) is 0. The lowest BCUT2D eigenvalue weighted by molar-refractivity contribution is -0.163. The third-order valence-electron chi connectivity index (χ3n) is 4.68. The van der Waals surface area contributed by atoms with Gasteiger partial charge in [0.25, 0.3) is 5.56 Å². The molecule has 2 aromatic heterocycles. The number of fused-ring (bicyclic) bond motifs is 2. The maximum absolute atomic E-state index is 11.9. The Morgan fingerprint density at radius 3 is 3.18 bits per heavy atom. The first kappa shape index (κ1) is 13.3. The first-order valence-electron chi connectivity index (χ1n) is 7.15. The van der Waals surface area contributed by atoms with E-state index in [1.807, 2.05) is 0 Å². The van der Waals surface area contributed by atoms with E-state index in [1.54, 1.807) is 4.57 Å². The van der Waals surface area contributed by atoms with E-state index in [1.165, 1.54) is 6.33 Å². The minimum absolute atomic E-state index is 0.00187. The van der Waals surface area contributed by atoms with Gasteiger partial charge < -0.3 is 15.6 Å². The van der Waals surface area contributed by atoms with Crippen LogP contribution in [-0.4, -0.2) is 36.7 Å². The molecule has 2 fully saturated rings. The molecule has 0 amide bonds. The van der Waals surface area contributed by atoms with Crippen LogP contribution < -0.4 is 11.3 Å². The smallest absolute Gasteiger partial charge is 0.332 e. The summed E-state index contributed by atoms with van der Waals surface area (Å²) < 4.78 is 7.59. The molecule has 1 unspecified atom stereocenters. The fraction of sp³-hybridized carbons (Fsp3) is 0.538. The van der Waals surface area contributed by atoms with Gasteiger partial charge in [0.05, 0.1) is 6.33 Å². The number of ether oxygens (including phenoxy) is 1. The molecule has 0 bridgehead atoms. The van der Waals surface area contributed by atoms with Gasteiger partial charge in [0.1, 0.15) is 0 Å². The highest BCUT2D eigenvalue weighted by Crippen LogP contribution is 2.51. The van der Waals surface area contributed by atoms with Crippen LogP contribution in [0.5, 0.6) is 0 Å². The van der Waals surface area contributed by atoms with E-state index < -0.39 is 23.4 Å². The Bertz CT molecular complexity index is 827. The number of carbonyl (C=O) groups is 1. The number of aliphatic carboxylic acids is 1. The van der Waals surface area contributed by atoms with Crippen LogP contribution >= 0.6 is 0 Å². The Labute approximate surface area is 124 Å². The molecule has 9 heteroatoms. The third kappa shape index (κ3) is 1.62. The van der Waals surface area contributed by atoms with Gasteiger partial charge in [-0.15, -0.1) is 0 Å². The average molecular weight is 305 g/mol. The van der Waals surface area contributed by atoms with Crippen molar-refractivity contribution in [3.05, 3.63) is 16.7 Å². The van der Waals surface area contributed by atoms with Crippen LogP contribution in [0.15, 0.2) is 11.1 Å². The highest BCUT2D eigenvalue weighted by molar-refractivity contribution is 5.73. The van der Waals surface area contributed by atoms with Crippen LogP contribution in [0.2, 0.25) is 0 Å². The lowest BCUT2D eigenvalue weighted by Gasteiger charge is -2.30. The molecule has 1 aliphatic carbocycles. The summed E-state index contributed by atoms with van der Waals surface area (Å²) in [6, 6.07) is 0. The lowest BCUT2D eigenvalue weighted by atomic mass is 9.97. The van der Waals surface area contributed by atoms with Crippen LogP contribution in [0, 0.1) is 5.92 Å². The number of H-pyrrole nitrogens is 1. The number of imidazole rings is 1. The minimum atomic E-state index is -0.969. The van der Waals surface area contributed by atoms with E-state index in [9.17, 15) is 14.7 Å². The van der Waals surface area contributed by atoms with Gasteiger partial charge in [0.15, 0.2) is 23.0 Å². The van der Waals surface area contributed by atoms with Gasteiger partial charge in [0.2, 0.25) is 5.95 Å². The molecule has 2 aliphatic rings. The van der Waals surface area contributed by atoms with Gasteiger partial charge in [-0.3, -0.25) is 14.3 Å². The number of carboxylic acid groups (broad SMARTS) is 1. The fourth-order valence-electron chi connectivity index (χ4n) is 3.77. The number of nitrogens with zero attached hydrogens (tertiary/aromatic N) is 3. The Morgan fingerprint density at radius 1 is 1.59 bits per heavy atom. The van der Waals surface area contributed by atoms with Crippen molar-refractivity contribution >= 4 is 23.1 Å². The standard InChI is InChI=1S/C13H15N5O4/c14-12-16-9-8(10(19)17-12)15-5-18(9)13-3-1-2-6(13)4-7(22-13)11(20)21/h5-7H,1-4H2,(H,20,21)(H3,14,16,17,19)/t6?,7-,13-/m1/s1. The molecule has 22 heavy (non-hydrogen) atoms.